The number of halogens is 2. The van der Waals surface area contributed by atoms with Gasteiger partial charge >= 0.3 is 0 Å². The third-order valence-corrected chi connectivity index (χ3v) is 3.30. The van der Waals surface area contributed by atoms with Crippen molar-refractivity contribution in [3.8, 4) is 0 Å². The summed E-state index contributed by atoms with van der Waals surface area (Å²) in [6.07, 6.45) is 0. The lowest BCUT2D eigenvalue weighted by molar-refractivity contribution is -0.119. The topological polar surface area (TPSA) is 17.1 Å². The first-order chi connectivity index (χ1) is 6.40. The van der Waals surface area contributed by atoms with Crippen molar-refractivity contribution in [1.82, 2.24) is 0 Å². The molecule has 0 aromatic carbocycles. The van der Waals surface area contributed by atoms with E-state index in [-0.39, 0.29) is 16.6 Å². The van der Waals surface area contributed by atoms with E-state index >= 15 is 0 Å². The molecule has 1 aliphatic rings. The van der Waals surface area contributed by atoms with Gasteiger partial charge in [-0.3, -0.25) is 4.79 Å². The Morgan fingerprint density at radius 3 is 1.53 bits per heavy atom. The molecule has 15 heavy (non-hydrogen) atoms. The van der Waals surface area contributed by atoms with Crippen molar-refractivity contribution in [3.05, 3.63) is 11.1 Å². The van der Waals surface area contributed by atoms with Gasteiger partial charge in [-0.25, -0.2) is 0 Å². The average Bonchev–Trinajstić information content (AvgIpc) is 1.93. The van der Waals surface area contributed by atoms with Gasteiger partial charge in [0.15, 0.2) is 5.78 Å². The minimum atomic E-state index is -1.30. The Morgan fingerprint density at radius 2 is 1.33 bits per heavy atom. The Bertz CT molecular complexity index is 338. The molecule has 0 saturated carbocycles. The number of hydrogen-bond acceptors (Lipinski definition) is 1. The number of hydrogen-bond donors (Lipinski definition) is 0. The van der Waals surface area contributed by atoms with Crippen molar-refractivity contribution in [2.45, 2.75) is 45.9 Å². The SMILES string of the molecule is CC(C)(C)C1=C(C(C)(C)C)C(Cl)(Cl)C1=O. The largest absolute Gasteiger partial charge is 0.291 e. The van der Waals surface area contributed by atoms with Gasteiger partial charge in [0.05, 0.1) is 0 Å². The molecule has 0 heterocycles. The van der Waals surface area contributed by atoms with E-state index in [1.165, 1.54) is 0 Å². The van der Waals surface area contributed by atoms with Gasteiger partial charge in [-0.15, -0.1) is 0 Å². The van der Waals surface area contributed by atoms with Crippen molar-refractivity contribution >= 4 is 29.0 Å². The fraction of sp³-hybridized carbons (Fsp3) is 0.750. The summed E-state index contributed by atoms with van der Waals surface area (Å²) in [4.78, 5) is 11.9. The highest BCUT2D eigenvalue weighted by atomic mass is 35.5. The molecule has 0 amide bonds. The van der Waals surface area contributed by atoms with Crippen molar-refractivity contribution < 1.29 is 4.79 Å². The minimum Gasteiger partial charge on any atom is -0.291 e. The Labute approximate surface area is 102 Å². The fourth-order valence-electron chi connectivity index (χ4n) is 2.04. The van der Waals surface area contributed by atoms with E-state index in [1.54, 1.807) is 0 Å². The molecule has 1 aliphatic carbocycles. The zero-order valence-electron chi connectivity index (χ0n) is 10.2. The average molecular weight is 249 g/mol. The number of carbonyl (C=O) groups excluding carboxylic acids is 1. The monoisotopic (exact) mass is 248 g/mol. The number of Topliss-reactive ketones (excluding diaryl/α,β-unsaturated/α-hetero) is 1. The van der Waals surface area contributed by atoms with Crippen LogP contribution in [0.15, 0.2) is 11.1 Å². The number of alkyl halides is 2. The number of allylic oxidation sites excluding steroid dienone is 2. The molecule has 0 aromatic heterocycles. The molecule has 0 N–H and O–H groups in total. The van der Waals surface area contributed by atoms with Gasteiger partial charge in [0.1, 0.15) is 0 Å². The highest BCUT2D eigenvalue weighted by molar-refractivity contribution is 6.65. The molecule has 0 saturated heterocycles. The maximum Gasteiger partial charge on any atom is 0.202 e. The van der Waals surface area contributed by atoms with Crippen LogP contribution in [-0.4, -0.2) is 10.1 Å². The summed E-state index contributed by atoms with van der Waals surface area (Å²) in [7, 11) is 0. The summed E-state index contributed by atoms with van der Waals surface area (Å²) in [5, 5.41) is 0. The number of rotatable bonds is 0. The Morgan fingerprint density at radius 1 is 0.933 bits per heavy atom. The predicted octanol–water partition coefficient (Wildman–Crippen LogP) is 4.13. The zero-order valence-corrected chi connectivity index (χ0v) is 11.7. The maximum atomic E-state index is 11.9. The summed E-state index contributed by atoms with van der Waals surface area (Å²) in [6.45, 7) is 12.1. The lowest BCUT2D eigenvalue weighted by atomic mass is 9.64. The summed E-state index contributed by atoms with van der Waals surface area (Å²) in [5.41, 5.74) is 1.31. The molecule has 0 unspecified atom stereocenters. The van der Waals surface area contributed by atoms with Crippen LogP contribution in [0.4, 0.5) is 0 Å². The lowest BCUT2D eigenvalue weighted by Gasteiger charge is -2.46. The Balaban J connectivity index is 3.39. The smallest absolute Gasteiger partial charge is 0.202 e. The van der Waals surface area contributed by atoms with Gasteiger partial charge in [0.25, 0.3) is 0 Å². The highest BCUT2D eigenvalue weighted by Crippen LogP contribution is 2.56. The molecule has 86 valence electrons. The van der Waals surface area contributed by atoms with Gasteiger partial charge < -0.3 is 0 Å². The lowest BCUT2D eigenvalue weighted by Crippen LogP contribution is -2.50. The van der Waals surface area contributed by atoms with E-state index in [0.29, 0.717) is 0 Å². The minimum absolute atomic E-state index is 0.136. The first-order valence-corrected chi connectivity index (χ1v) is 5.84. The standard InChI is InChI=1S/C12H18Cl2O/c1-10(2,3)7-8(11(4,5)6)12(13,14)9(7)15/h1-6H3. The summed E-state index contributed by atoms with van der Waals surface area (Å²) in [6, 6.07) is 0. The Hall–Kier alpha value is -0.0100. The van der Waals surface area contributed by atoms with E-state index < -0.39 is 4.33 Å². The highest BCUT2D eigenvalue weighted by Gasteiger charge is 2.57. The van der Waals surface area contributed by atoms with Gasteiger partial charge in [-0.1, -0.05) is 64.7 Å². The predicted molar refractivity (Wildman–Crippen MR) is 65.4 cm³/mol. The molecule has 0 aliphatic heterocycles. The summed E-state index contributed by atoms with van der Waals surface area (Å²) in [5.74, 6) is -0.136. The second kappa shape index (κ2) is 3.24. The normalized spacial score (nSPS) is 21.7. The molecular weight excluding hydrogens is 231 g/mol. The molecule has 3 heteroatoms. The molecule has 1 rings (SSSR count). The van der Waals surface area contributed by atoms with E-state index in [9.17, 15) is 4.79 Å². The molecule has 0 radical (unpaired) electrons. The summed E-state index contributed by atoms with van der Waals surface area (Å²) < 4.78 is -1.30. The first kappa shape index (κ1) is 13.1. The third-order valence-electron chi connectivity index (χ3n) is 2.58. The number of carbonyl (C=O) groups is 1. The van der Waals surface area contributed by atoms with Gasteiger partial charge in [-0.05, 0) is 16.4 Å². The van der Waals surface area contributed by atoms with E-state index in [1.807, 2.05) is 41.5 Å². The molecule has 1 nitrogen and oxygen atoms in total. The van der Waals surface area contributed by atoms with Crippen LogP contribution in [0, 0.1) is 10.8 Å². The number of ketones is 1. The van der Waals surface area contributed by atoms with Crippen LogP contribution in [0.25, 0.3) is 0 Å². The van der Waals surface area contributed by atoms with Crippen LogP contribution in [0.3, 0.4) is 0 Å². The molecule has 0 spiro atoms. The molecule has 0 fully saturated rings. The van der Waals surface area contributed by atoms with Crippen molar-refractivity contribution in [2.24, 2.45) is 10.8 Å². The van der Waals surface area contributed by atoms with Crippen LogP contribution in [0.1, 0.15) is 41.5 Å². The quantitative estimate of drug-likeness (QED) is 0.590. The van der Waals surface area contributed by atoms with Crippen LogP contribution in [-0.2, 0) is 4.79 Å². The van der Waals surface area contributed by atoms with Crippen molar-refractivity contribution in [1.29, 1.82) is 0 Å². The van der Waals surface area contributed by atoms with Crippen LogP contribution < -0.4 is 0 Å². The van der Waals surface area contributed by atoms with Gasteiger partial charge in [0.2, 0.25) is 4.33 Å². The third kappa shape index (κ3) is 1.97. The first-order valence-electron chi connectivity index (χ1n) is 5.08. The van der Waals surface area contributed by atoms with E-state index in [2.05, 4.69) is 0 Å². The fourth-order valence-corrected chi connectivity index (χ4v) is 2.99. The molecular formula is C12H18Cl2O. The van der Waals surface area contributed by atoms with Crippen LogP contribution in [0.2, 0.25) is 0 Å². The van der Waals surface area contributed by atoms with Crippen molar-refractivity contribution in [3.63, 3.8) is 0 Å². The molecule has 0 bridgehead atoms. The second-order valence-electron chi connectivity index (χ2n) is 6.15. The van der Waals surface area contributed by atoms with Gasteiger partial charge in [0, 0.05) is 5.57 Å². The van der Waals surface area contributed by atoms with E-state index in [0.717, 1.165) is 11.1 Å². The van der Waals surface area contributed by atoms with Crippen molar-refractivity contribution in [2.75, 3.05) is 0 Å². The van der Waals surface area contributed by atoms with E-state index in [4.69, 9.17) is 23.2 Å². The zero-order chi connectivity index (χ0) is 12.2. The summed E-state index contributed by atoms with van der Waals surface area (Å²) >= 11 is 12.1. The maximum absolute atomic E-state index is 11.9. The van der Waals surface area contributed by atoms with Crippen LogP contribution in [0.5, 0.6) is 0 Å². The van der Waals surface area contributed by atoms with Crippen LogP contribution >= 0.6 is 23.2 Å². The Kier molecular flexibility index (Phi) is 2.82. The molecule has 0 aromatic rings. The second-order valence-corrected chi connectivity index (χ2v) is 7.48. The van der Waals surface area contributed by atoms with Gasteiger partial charge in [-0.2, -0.15) is 0 Å². The molecule has 0 atom stereocenters.